The minimum Gasteiger partial charge on any atom is -0.322 e. The van der Waals surface area contributed by atoms with Gasteiger partial charge >= 0.3 is 0 Å². The molecule has 1 aliphatic heterocycles. The number of halogens is 3. The number of anilines is 1. The van der Waals surface area contributed by atoms with Crippen molar-refractivity contribution in [1.82, 2.24) is 4.90 Å². The molecular weight excluding hydrogens is 353 g/mol. The molecular formula is C21H23F3N2O. The number of likely N-dealkylation sites (tertiary alicyclic amines) is 1. The van der Waals surface area contributed by atoms with Crippen LogP contribution in [0.2, 0.25) is 0 Å². The zero-order chi connectivity index (χ0) is 19.4. The van der Waals surface area contributed by atoms with E-state index in [2.05, 4.69) is 17.4 Å². The van der Waals surface area contributed by atoms with Crippen LogP contribution in [0.1, 0.15) is 25.3 Å². The predicted octanol–water partition coefficient (Wildman–Crippen LogP) is 4.39. The van der Waals surface area contributed by atoms with Gasteiger partial charge in [-0.15, -0.1) is 0 Å². The molecule has 6 heteroatoms. The van der Waals surface area contributed by atoms with Gasteiger partial charge in [-0.1, -0.05) is 30.3 Å². The number of piperidine rings is 1. The molecule has 3 rings (SSSR count). The number of benzene rings is 2. The minimum atomic E-state index is -1.58. The molecule has 1 heterocycles. The molecule has 1 amide bonds. The summed E-state index contributed by atoms with van der Waals surface area (Å²) in [4.78, 5) is 14.4. The number of rotatable bonds is 5. The highest BCUT2D eigenvalue weighted by Crippen LogP contribution is 2.24. The van der Waals surface area contributed by atoms with Gasteiger partial charge in [-0.25, -0.2) is 13.2 Å². The van der Waals surface area contributed by atoms with E-state index < -0.39 is 29.4 Å². The largest absolute Gasteiger partial charge is 0.322 e. The Morgan fingerprint density at radius 3 is 2.41 bits per heavy atom. The predicted molar refractivity (Wildman–Crippen MR) is 98.9 cm³/mol. The van der Waals surface area contributed by atoms with Crippen LogP contribution in [0.15, 0.2) is 42.5 Å². The summed E-state index contributed by atoms with van der Waals surface area (Å²) >= 11 is 0. The van der Waals surface area contributed by atoms with Gasteiger partial charge in [0.15, 0.2) is 17.5 Å². The van der Waals surface area contributed by atoms with Gasteiger partial charge in [-0.2, -0.15) is 0 Å². The molecule has 1 unspecified atom stereocenters. The van der Waals surface area contributed by atoms with Crippen LogP contribution in [0.3, 0.4) is 0 Å². The second kappa shape index (κ2) is 8.57. The van der Waals surface area contributed by atoms with Gasteiger partial charge in [-0.05, 0) is 62.9 Å². The third-order valence-electron chi connectivity index (χ3n) is 5.24. The number of hydrogen-bond acceptors (Lipinski definition) is 2. The van der Waals surface area contributed by atoms with Crippen LogP contribution in [-0.2, 0) is 11.2 Å². The minimum absolute atomic E-state index is 0.343. The van der Waals surface area contributed by atoms with Crippen LogP contribution in [0.4, 0.5) is 18.9 Å². The average Bonchev–Trinajstić information content (AvgIpc) is 2.69. The highest BCUT2D eigenvalue weighted by Gasteiger charge is 2.27. The Bertz CT molecular complexity index is 790. The lowest BCUT2D eigenvalue weighted by atomic mass is 9.89. The third kappa shape index (κ3) is 4.69. The Morgan fingerprint density at radius 2 is 1.74 bits per heavy atom. The summed E-state index contributed by atoms with van der Waals surface area (Å²) in [5.41, 5.74) is 0.972. The first kappa shape index (κ1) is 19.4. The molecule has 1 aliphatic rings. The maximum absolute atomic E-state index is 13.7. The van der Waals surface area contributed by atoms with Crippen molar-refractivity contribution in [3.63, 3.8) is 0 Å². The normalized spacial score (nSPS) is 16.9. The molecule has 1 saturated heterocycles. The van der Waals surface area contributed by atoms with E-state index in [0.717, 1.165) is 44.5 Å². The first-order chi connectivity index (χ1) is 13.0. The summed E-state index contributed by atoms with van der Waals surface area (Å²) in [5, 5.41) is 2.36. The van der Waals surface area contributed by atoms with E-state index in [1.165, 1.54) is 5.56 Å². The van der Waals surface area contributed by atoms with Crippen molar-refractivity contribution in [1.29, 1.82) is 0 Å². The SMILES string of the molecule is CC(C(=O)Nc1ccc(F)c(F)c1F)N1CCC(Cc2ccccc2)CC1. The molecule has 3 nitrogen and oxygen atoms in total. The maximum Gasteiger partial charge on any atom is 0.241 e. The van der Waals surface area contributed by atoms with E-state index in [4.69, 9.17) is 0 Å². The van der Waals surface area contributed by atoms with Crippen LogP contribution < -0.4 is 5.32 Å². The zero-order valence-corrected chi connectivity index (χ0v) is 15.2. The fourth-order valence-corrected chi connectivity index (χ4v) is 3.52. The van der Waals surface area contributed by atoms with E-state index in [-0.39, 0.29) is 5.69 Å². The monoisotopic (exact) mass is 376 g/mol. The standard InChI is InChI=1S/C21H23F3N2O/c1-14(21(27)25-18-8-7-17(22)19(23)20(18)24)26-11-9-16(10-12-26)13-15-5-3-2-4-6-15/h2-8,14,16H,9-13H2,1H3,(H,25,27). The van der Waals surface area contributed by atoms with Crippen LogP contribution >= 0.6 is 0 Å². The van der Waals surface area contributed by atoms with Gasteiger partial charge in [-0.3, -0.25) is 9.69 Å². The smallest absolute Gasteiger partial charge is 0.241 e. The molecule has 1 N–H and O–H groups in total. The summed E-state index contributed by atoms with van der Waals surface area (Å²) in [5.74, 6) is -4.10. The average molecular weight is 376 g/mol. The molecule has 27 heavy (non-hydrogen) atoms. The van der Waals surface area contributed by atoms with Gasteiger partial charge in [0, 0.05) is 0 Å². The number of amides is 1. The Balaban J connectivity index is 1.53. The first-order valence-electron chi connectivity index (χ1n) is 9.18. The van der Waals surface area contributed by atoms with E-state index in [1.807, 2.05) is 23.1 Å². The van der Waals surface area contributed by atoms with E-state index in [9.17, 15) is 18.0 Å². The first-order valence-corrected chi connectivity index (χ1v) is 9.18. The molecule has 2 aromatic rings. The zero-order valence-electron chi connectivity index (χ0n) is 15.2. The van der Waals surface area contributed by atoms with Crippen molar-refractivity contribution in [2.75, 3.05) is 18.4 Å². The summed E-state index contributed by atoms with van der Waals surface area (Å²) in [6, 6.07) is 11.7. The maximum atomic E-state index is 13.7. The van der Waals surface area contributed by atoms with Gasteiger partial charge < -0.3 is 5.32 Å². The molecule has 0 aromatic heterocycles. The van der Waals surface area contributed by atoms with Crippen LogP contribution in [0.25, 0.3) is 0 Å². The Morgan fingerprint density at radius 1 is 1.07 bits per heavy atom. The van der Waals surface area contributed by atoms with Crippen LogP contribution in [0, 0.1) is 23.4 Å². The molecule has 1 atom stereocenters. The molecule has 0 spiro atoms. The number of carbonyl (C=O) groups excluding carboxylic acids is 1. The Kier molecular flexibility index (Phi) is 6.16. The second-order valence-electron chi connectivity index (χ2n) is 7.06. The Labute approximate surface area is 157 Å². The van der Waals surface area contributed by atoms with Gasteiger partial charge in [0.1, 0.15) is 0 Å². The Hall–Kier alpha value is -2.34. The van der Waals surface area contributed by atoms with Crippen molar-refractivity contribution in [2.24, 2.45) is 5.92 Å². The lowest BCUT2D eigenvalue weighted by molar-refractivity contribution is -0.121. The number of hydrogen-bond donors (Lipinski definition) is 1. The van der Waals surface area contributed by atoms with E-state index in [0.29, 0.717) is 5.92 Å². The van der Waals surface area contributed by atoms with Crippen molar-refractivity contribution < 1.29 is 18.0 Å². The second-order valence-corrected chi connectivity index (χ2v) is 7.06. The lowest BCUT2D eigenvalue weighted by Gasteiger charge is -2.35. The molecule has 0 aliphatic carbocycles. The van der Waals surface area contributed by atoms with Gasteiger partial charge in [0.05, 0.1) is 11.7 Å². The molecule has 2 aromatic carbocycles. The van der Waals surface area contributed by atoms with Gasteiger partial charge in [0.2, 0.25) is 5.91 Å². The molecule has 1 fully saturated rings. The van der Waals surface area contributed by atoms with E-state index >= 15 is 0 Å². The summed E-state index contributed by atoms with van der Waals surface area (Å²) in [6.07, 6.45) is 2.98. The highest BCUT2D eigenvalue weighted by atomic mass is 19.2. The summed E-state index contributed by atoms with van der Waals surface area (Å²) in [6.45, 7) is 3.28. The molecule has 144 valence electrons. The number of carbonyl (C=O) groups is 1. The topological polar surface area (TPSA) is 32.3 Å². The fraction of sp³-hybridized carbons (Fsp3) is 0.381. The molecule has 0 radical (unpaired) electrons. The quantitative estimate of drug-likeness (QED) is 0.785. The van der Waals surface area contributed by atoms with Crippen molar-refractivity contribution >= 4 is 11.6 Å². The van der Waals surface area contributed by atoms with Crippen molar-refractivity contribution in [3.05, 3.63) is 65.5 Å². The van der Waals surface area contributed by atoms with Crippen molar-refractivity contribution in [2.45, 2.75) is 32.2 Å². The van der Waals surface area contributed by atoms with Crippen molar-refractivity contribution in [3.8, 4) is 0 Å². The fourth-order valence-electron chi connectivity index (χ4n) is 3.52. The molecule has 0 bridgehead atoms. The summed E-state index contributed by atoms with van der Waals surface area (Å²) < 4.78 is 40.1. The molecule has 0 saturated carbocycles. The third-order valence-corrected chi connectivity index (χ3v) is 5.24. The van der Waals surface area contributed by atoms with Crippen LogP contribution in [0.5, 0.6) is 0 Å². The number of nitrogens with zero attached hydrogens (tertiary/aromatic N) is 1. The highest BCUT2D eigenvalue weighted by molar-refractivity contribution is 5.94. The summed E-state index contributed by atoms with van der Waals surface area (Å²) in [7, 11) is 0. The lowest BCUT2D eigenvalue weighted by Crippen LogP contribution is -2.46. The van der Waals surface area contributed by atoms with Crippen LogP contribution in [-0.4, -0.2) is 29.9 Å². The van der Waals surface area contributed by atoms with Gasteiger partial charge in [0.25, 0.3) is 0 Å². The van der Waals surface area contributed by atoms with E-state index in [1.54, 1.807) is 6.92 Å². The number of nitrogens with one attached hydrogen (secondary N) is 1.